The second-order valence-electron chi connectivity index (χ2n) is 4.79. The Morgan fingerprint density at radius 1 is 1.39 bits per heavy atom. The average molecular weight is 315 g/mol. The van der Waals surface area contributed by atoms with Crippen LogP contribution in [-0.2, 0) is 11.2 Å². The lowest BCUT2D eigenvalue weighted by Gasteiger charge is -2.15. The fourth-order valence-electron chi connectivity index (χ4n) is 1.73. The SMILES string of the molecule is COc1cc(C(C)C)cc(CC(C)C(=O)O)c1Br. The maximum absolute atomic E-state index is 10.9. The molecule has 0 aromatic heterocycles. The van der Waals surface area contributed by atoms with E-state index in [0.29, 0.717) is 12.3 Å². The van der Waals surface area contributed by atoms with Crippen molar-refractivity contribution < 1.29 is 14.6 Å². The van der Waals surface area contributed by atoms with Crippen molar-refractivity contribution in [2.75, 3.05) is 7.11 Å². The van der Waals surface area contributed by atoms with E-state index < -0.39 is 11.9 Å². The van der Waals surface area contributed by atoms with Crippen LogP contribution in [0.25, 0.3) is 0 Å². The number of hydrogen-bond acceptors (Lipinski definition) is 2. The zero-order valence-electron chi connectivity index (χ0n) is 11.2. The number of carbonyl (C=O) groups is 1. The van der Waals surface area contributed by atoms with Crippen LogP contribution in [-0.4, -0.2) is 18.2 Å². The first-order valence-corrected chi connectivity index (χ1v) is 6.75. The van der Waals surface area contributed by atoms with Gasteiger partial charge in [-0.05, 0) is 45.5 Å². The Labute approximate surface area is 116 Å². The minimum atomic E-state index is -0.782. The molecule has 1 N–H and O–H groups in total. The summed E-state index contributed by atoms with van der Waals surface area (Å²) in [5.74, 6) is -0.0519. The zero-order valence-corrected chi connectivity index (χ0v) is 12.7. The summed E-state index contributed by atoms with van der Waals surface area (Å²) < 4.78 is 6.17. The van der Waals surface area contributed by atoms with Gasteiger partial charge in [0.15, 0.2) is 0 Å². The first kappa shape index (κ1) is 15.0. The summed E-state index contributed by atoms with van der Waals surface area (Å²) in [5.41, 5.74) is 2.13. The van der Waals surface area contributed by atoms with Gasteiger partial charge in [-0.2, -0.15) is 0 Å². The van der Waals surface area contributed by atoms with Crippen LogP contribution in [0.4, 0.5) is 0 Å². The molecular weight excluding hydrogens is 296 g/mol. The summed E-state index contributed by atoms with van der Waals surface area (Å²) in [6, 6.07) is 4.04. The molecule has 0 heterocycles. The number of rotatable bonds is 5. The molecule has 1 rings (SSSR count). The Morgan fingerprint density at radius 3 is 2.44 bits per heavy atom. The molecule has 1 unspecified atom stereocenters. The maximum Gasteiger partial charge on any atom is 0.306 e. The van der Waals surface area contributed by atoms with Gasteiger partial charge in [0.25, 0.3) is 0 Å². The van der Waals surface area contributed by atoms with Crippen molar-refractivity contribution in [3.8, 4) is 5.75 Å². The number of carboxylic acids is 1. The third-order valence-corrected chi connectivity index (χ3v) is 3.87. The fraction of sp³-hybridized carbons (Fsp3) is 0.500. The predicted octanol–water partition coefficient (Wildman–Crippen LogP) is 3.84. The number of aliphatic carboxylic acids is 1. The topological polar surface area (TPSA) is 46.5 Å². The summed E-state index contributed by atoms with van der Waals surface area (Å²) in [4.78, 5) is 10.9. The van der Waals surface area contributed by atoms with E-state index in [1.165, 1.54) is 0 Å². The quantitative estimate of drug-likeness (QED) is 0.898. The lowest BCUT2D eigenvalue weighted by Crippen LogP contribution is -2.13. The molecule has 1 aromatic rings. The average Bonchev–Trinajstić information content (AvgIpc) is 2.31. The Kier molecular flexibility index (Phi) is 5.20. The molecule has 18 heavy (non-hydrogen) atoms. The summed E-state index contributed by atoms with van der Waals surface area (Å²) in [6.45, 7) is 5.92. The highest BCUT2D eigenvalue weighted by atomic mass is 79.9. The van der Waals surface area contributed by atoms with E-state index in [9.17, 15) is 4.79 Å². The molecule has 0 amide bonds. The van der Waals surface area contributed by atoms with E-state index in [0.717, 1.165) is 21.3 Å². The largest absolute Gasteiger partial charge is 0.496 e. The number of carboxylic acid groups (broad SMARTS) is 1. The Morgan fingerprint density at radius 2 is 2.00 bits per heavy atom. The summed E-state index contributed by atoms with van der Waals surface area (Å²) in [6.07, 6.45) is 0.493. The van der Waals surface area contributed by atoms with Crippen LogP contribution < -0.4 is 4.74 Å². The first-order valence-electron chi connectivity index (χ1n) is 5.95. The van der Waals surface area contributed by atoms with E-state index in [4.69, 9.17) is 9.84 Å². The van der Waals surface area contributed by atoms with Crippen molar-refractivity contribution >= 4 is 21.9 Å². The van der Waals surface area contributed by atoms with Gasteiger partial charge in [-0.3, -0.25) is 4.79 Å². The van der Waals surface area contributed by atoms with E-state index in [1.54, 1.807) is 14.0 Å². The molecule has 0 aliphatic rings. The number of benzene rings is 1. The predicted molar refractivity (Wildman–Crippen MR) is 75.3 cm³/mol. The van der Waals surface area contributed by atoms with Crippen molar-refractivity contribution in [2.45, 2.75) is 33.1 Å². The summed E-state index contributed by atoms with van der Waals surface area (Å²) >= 11 is 3.48. The summed E-state index contributed by atoms with van der Waals surface area (Å²) in [5, 5.41) is 8.99. The van der Waals surface area contributed by atoms with Gasteiger partial charge in [0.05, 0.1) is 17.5 Å². The van der Waals surface area contributed by atoms with Crippen LogP contribution in [0.2, 0.25) is 0 Å². The normalized spacial score (nSPS) is 12.6. The van der Waals surface area contributed by atoms with Crippen LogP contribution in [0.15, 0.2) is 16.6 Å². The van der Waals surface area contributed by atoms with Crippen molar-refractivity contribution in [1.29, 1.82) is 0 Å². The Balaban J connectivity index is 3.16. The highest BCUT2D eigenvalue weighted by molar-refractivity contribution is 9.10. The standard InChI is InChI=1S/C14H19BrO3/c1-8(2)10-6-11(5-9(3)14(16)17)13(15)12(7-10)18-4/h6-9H,5H2,1-4H3,(H,16,17). The van der Waals surface area contributed by atoms with Gasteiger partial charge in [0.2, 0.25) is 0 Å². The van der Waals surface area contributed by atoms with Crippen molar-refractivity contribution in [3.63, 3.8) is 0 Å². The molecule has 0 radical (unpaired) electrons. The van der Waals surface area contributed by atoms with Crippen molar-refractivity contribution in [3.05, 3.63) is 27.7 Å². The number of hydrogen-bond donors (Lipinski definition) is 1. The van der Waals surface area contributed by atoms with Crippen LogP contribution in [0.1, 0.15) is 37.8 Å². The second-order valence-corrected chi connectivity index (χ2v) is 5.59. The Bertz CT molecular complexity index is 441. The van der Waals surface area contributed by atoms with Gasteiger partial charge in [-0.15, -0.1) is 0 Å². The second kappa shape index (κ2) is 6.23. The van der Waals surface area contributed by atoms with Crippen molar-refractivity contribution in [2.24, 2.45) is 5.92 Å². The van der Waals surface area contributed by atoms with Crippen LogP contribution >= 0.6 is 15.9 Å². The third-order valence-electron chi connectivity index (χ3n) is 2.97. The molecular formula is C14H19BrO3. The molecule has 0 bridgehead atoms. The van der Waals surface area contributed by atoms with Crippen LogP contribution in [0, 0.1) is 5.92 Å². The smallest absolute Gasteiger partial charge is 0.306 e. The fourth-order valence-corrected chi connectivity index (χ4v) is 2.28. The number of ether oxygens (including phenoxy) is 1. The molecule has 1 atom stereocenters. The molecule has 0 spiro atoms. The molecule has 3 nitrogen and oxygen atoms in total. The van der Waals surface area contributed by atoms with Gasteiger partial charge in [-0.1, -0.05) is 26.8 Å². The minimum Gasteiger partial charge on any atom is -0.496 e. The van der Waals surface area contributed by atoms with E-state index in [-0.39, 0.29) is 0 Å². The van der Waals surface area contributed by atoms with Crippen LogP contribution in [0.5, 0.6) is 5.75 Å². The van der Waals surface area contributed by atoms with Crippen molar-refractivity contribution in [1.82, 2.24) is 0 Å². The van der Waals surface area contributed by atoms with E-state index in [1.807, 2.05) is 6.07 Å². The number of halogens is 1. The minimum absolute atomic E-state index is 0.380. The zero-order chi connectivity index (χ0) is 13.9. The molecule has 0 aliphatic heterocycles. The van der Waals surface area contributed by atoms with Gasteiger partial charge >= 0.3 is 5.97 Å². The molecule has 0 saturated carbocycles. The lowest BCUT2D eigenvalue weighted by atomic mass is 9.95. The maximum atomic E-state index is 10.9. The van der Waals surface area contributed by atoms with Gasteiger partial charge in [0, 0.05) is 0 Å². The molecule has 0 aliphatic carbocycles. The van der Waals surface area contributed by atoms with E-state index in [2.05, 4.69) is 35.8 Å². The highest BCUT2D eigenvalue weighted by Crippen LogP contribution is 2.34. The van der Waals surface area contributed by atoms with Gasteiger partial charge in [0.1, 0.15) is 5.75 Å². The number of methoxy groups -OCH3 is 1. The monoisotopic (exact) mass is 314 g/mol. The first-order chi connectivity index (χ1) is 8.36. The third kappa shape index (κ3) is 3.48. The molecule has 0 saturated heterocycles. The van der Waals surface area contributed by atoms with Gasteiger partial charge < -0.3 is 9.84 Å². The Hall–Kier alpha value is -1.03. The highest BCUT2D eigenvalue weighted by Gasteiger charge is 2.17. The molecule has 4 heteroatoms. The van der Waals surface area contributed by atoms with Gasteiger partial charge in [-0.25, -0.2) is 0 Å². The van der Waals surface area contributed by atoms with Crippen LogP contribution in [0.3, 0.4) is 0 Å². The summed E-state index contributed by atoms with van der Waals surface area (Å²) in [7, 11) is 1.62. The lowest BCUT2D eigenvalue weighted by molar-refractivity contribution is -0.141. The molecule has 1 aromatic carbocycles. The molecule has 100 valence electrons. The van der Waals surface area contributed by atoms with E-state index >= 15 is 0 Å². The molecule has 0 fully saturated rings.